The molecule has 3 N–H and O–H groups in total. The maximum absolute atomic E-state index is 13.0. The third kappa shape index (κ3) is 62.6. The molecule has 0 rings (SSSR count). The van der Waals surface area contributed by atoms with Gasteiger partial charge in [-0.3, -0.25) is 37.3 Å². The summed E-state index contributed by atoms with van der Waals surface area (Å²) in [6.45, 7) is 14.0. The zero-order chi connectivity index (χ0) is 64.7. The second-order valence-corrected chi connectivity index (χ2v) is 29.4. The van der Waals surface area contributed by atoms with Crippen LogP contribution in [-0.2, 0) is 65.4 Å². The fourth-order valence-electron chi connectivity index (χ4n) is 10.1. The number of phosphoric ester groups is 2. The van der Waals surface area contributed by atoms with Crippen LogP contribution in [0.15, 0.2) is 0 Å². The number of carbonyl (C=O) groups excluding carboxylic acids is 4. The normalized spacial score (nSPS) is 14.3. The Morgan fingerprint density at radius 3 is 0.713 bits per heavy atom. The van der Waals surface area contributed by atoms with E-state index in [-0.39, 0.29) is 25.7 Å². The average molecular weight is 1280 g/mol. The Labute approximate surface area is 530 Å². The van der Waals surface area contributed by atoms with Crippen LogP contribution < -0.4 is 0 Å². The summed E-state index contributed by atoms with van der Waals surface area (Å²) < 4.78 is 68.1. The van der Waals surface area contributed by atoms with Crippen LogP contribution >= 0.6 is 15.6 Å². The predicted molar refractivity (Wildman–Crippen MR) is 349 cm³/mol. The molecule has 0 aromatic heterocycles. The highest BCUT2D eigenvalue weighted by atomic mass is 31.2. The van der Waals surface area contributed by atoms with Gasteiger partial charge in [0.05, 0.1) is 26.4 Å². The lowest BCUT2D eigenvalue weighted by atomic mass is 10.0. The van der Waals surface area contributed by atoms with Gasteiger partial charge in [-0.2, -0.15) is 0 Å². The Kier molecular flexibility index (Phi) is 56.6. The maximum Gasteiger partial charge on any atom is 0.472 e. The van der Waals surface area contributed by atoms with Gasteiger partial charge < -0.3 is 33.8 Å². The van der Waals surface area contributed by atoms with Crippen molar-refractivity contribution in [2.45, 2.75) is 350 Å². The molecule has 0 saturated heterocycles. The van der Waals surface area contributed by atoms with Crippen molar-refractivity contribution < 1.29 is 80.2 Å². The standard InChI is InChI=1S/C68H132O17P2/c1-58(2)44-36-28-20-15-12-10-9-11-13-17-23-34-42-50-67(72)85-64(55-79-66(71)49-41-33-27-26-31-39-47-61(7)8)57-83-87(76,77)81-53-62(69)52-80-86(74,75)82-56-63(54-78-65(70)48-40-32-25-19-22-30-38-46-60(5)6)84-68(73)51-43-35-24-18-14-16-21-29-37-45-59(3)4/h58-64,69H,9-57H2,1-8H3,(H,74,75)(H,76,77)/t62-,63-,64-/m1/s1. The van der Waals surface area contributed by atoms with E-state index in [1.807, 2.05) is 0 Å². The van der Waals surface area contributed by atoms with Crippen molar-refractivity contribution in [3.05, 3.63) is 0 Å². The summed E-state index contributed by atoms with van der Waals surface area (Å²) >= 11 is 0. The number of unbranched alkanes of at least 4 members (excludes halogenated alkanes) is 31. The number of esters is 4. The molecule has 17 nitrogen and oxygen atoms in total. The maximum atomic E-state index is 13.0. The summed E-state index contributed by atoms with van der Waals surface area (Å²) in [6, 6.07) is 0. The minimum absolute atomic E-state index is 0.104. The number of hydrogen-bond donors (Lipinski definition) is 3. The number of aliphatic hydroxyl groups is 1. The van der Waals surface area contributed by atoms with Gasteiger partial charge in [0, 0.05) is 25.7 Å². The summed E-state index contributed by atoms with van der Waals surface area (Å²) in [5.74, 6) is 0.772. The molecule has 0 aliphatic rings. The third-order valence-corrected chi connectivity index (χ3v) is 17.5. The molecule has 0 aromatic carbocycles. The number of rotatable bonds is 65. The van der Waals surface area contributed by atoms with E-state index in [4.69, 9.17) is 37.0 Å². The van der Waals surface area contributed by atoms with E-state index >= 15 is 0 Å². The zero-order valence-electron chi connectivity index (χ0n) is 56.6. The first-order valence-corrected chi connectivity index (χ1v) is 38.2. The van der Waals surface area contributed by atoms with Crippen LogP contribution in [-0.4, -0.2) is 96.7 Å². The largest absolute Gasteiger partial charge is 0.472 e. The van der Waals surface area contributed by atoms with Crippen molar-refractivity contribution in [3.8, 4) is 0 Å². The smallest absolute Gasteiger partial charge is 0.462 e. The number of phosphoric acid groups is 2. The van der Waals surface area contributed by atoms with Gasteiger partial charge in [-0.15, -0.1) is 0 Å². The van der Waals surface area contributed by atoms with E-state index in [0.717, 1.165) is 115 Å². The van der Waals surface area contributed by atoms with Gasteiger partial charge in [0.1, 0.15) is 19.3 Å². The van der Waals surface area contributed by atoms with Crippen LogP contribution in [0.3, 0.4) is 0 Å². The monoisotopic (exact) mass is 1280 g/mol. The molecule has 0 radical (unpaired) electrons. The van der Waals surface area contributed by atoms with Gasteiger partial charge in [0.25, 0.3) is 0 Å². The lowest BCUT2D eigenvalue weighted by Crippen LogP contribution is -2.30. The second kappa shape index (κ2) is 57.9. The topological polar surface area (TPSA) is 237 Å². The molecule has 5 atom stereocenters. The quantitative estimate of drug-likeness (QED) is 0.0222. The summed E-state index contributed by atoms with van der Waals surface area (Å²) in [6.07, 6.45) is 39.2. The van der Waals surface area contributed by atoms with E-state index in [1.54, 1.807) is 0 Å². The molecule has 2 unspecified atom stereocenters. The van der Waals surface area contributed by atoms with Crippen LogP contribution in [0.5, 0.6) is 0 Å². The van der Waals surface area contributed by atoms with E-state index in [0.29, 0.717) is 37.5 Å². The molecule has 19 heteroatoms. The first-order chi connectivity index (χ1) is 41.6. The van der Waals surface area contributed by atoms with Crippen molar-refractivity contribution in [2.75, 3.05) is 39.6 Å². The molecule has 0 bridgehead atoms. The molecular formula is C68H132O17P2. The van der Waals surface area contributed by atoms with E-state index in [1.165, 1.54) is 122 Å². The SMILES string of the molecule is CC(C)CCCCCCCCCCCCCCCC(=O)O[C@H](COC(=O)CCCCCCCCC(C)C)COP(=O)(O)OC[C@H](O)COP(=O)(O)OC[C@@H](COC(=O)CCCCCCCCCC(C)C)OC(=O)CCCCCCCCCCCC(C)C. The number of ether oxygens (including phenoxy) is 4. The van der Waals surface area contributed by atoms with Gasteiger partial charge >= 0.3 is 39.5 Å². The predicted octanol–water partition coefficient (Wildman–Crippen LogP) is 18.9. The molecule has 516 valence electrons. The van der Waals surface area contributed by atoms with Gasteiger partial charge in [-0.05, 0) is 49.4 Å². The van der Waals surface area contributed by atoms with E-state index in [2.05, 4.69) is 55.4 Å². The average Bonchev–Trinajstić information content (AvgIpc) is 3.67. The molecule has 0 fully saturated rings. The highest BCUT2D eigenvalue weighted by Gasteiger charge is 2.30. The van der Waals surface area contributed by atoms with Gasteiger partial charge in [0.15, 0.2) is 12.2 Å². The first-order valence-electron chi connectivity index (χ1n) is 35.2. The summed E-state index contributed by atoms with van der Waals surface area (Å²) in [5.41, 5.74) is 0. The van der Waals surface area contributed by atoms with Gasteiger partial charge in [0.2, 0.25) is 0 Å². The van der Waals surface area contributed by atoms with Crippen molar-refractivity contribution in [2.24, 2.45) is 23.7 Å². The summed E-state index contributed by atoms with van der Waals surface area (Å²) in [4.78, 5) is 72.4. The van der Waals surface area contributed by atoms with Gasteiger partial charge in [-0.25, -0.2) is 9.13 Å². The van der Waals surface area contributed by atoms with Crippen LogP contribution in [0.4, 0.5) is 0 Å². The highest BCUT2D eigenvalue weighted by molar-refractivity contribution is 7.47. The molecule has 0 aliphatic carbocycles. The molecule has 0 saturated carbocycles. The molecule has 0 aliphatic heterocycles. The highest BCUT2D eigenvalue weighted by Crippen LogP contribution is 2.45. The van der Waals surface area contributed by atoms with Crippen LogP contribution in [0, 0.1) is 23.7 Å². The zero-order valence-corrected chi connectivity index (χ0v) is 58.4. The number of hydrogen-bond acceptors (Lipinski definition) is 15. The van der Waals surface area contributed by atoms with E-state index in [9.17, 15) is 43.2 Å². The Bertz CT molecular complexity index is 1730. The van der Waals surface area contributed by atoms with Crippen molar-refractivity contribution >= 4 is 39.5 Å². The summed E-state index contributed by atoms with van der Waals surface area (Å²) in [5, 5.41) is 10.6. The number of aliphatic hydroxyl groups excluding tert-OH is 1. The molecule has 0 amide bonds. The van der Waals surface area contributed by atoms with Gasteiger partial charge in [-0.1, -0.05) is 280 Å². The lowest BCUT2D eigenvalue weighted by Gasteiger charge is -2.21. The molecule has 0 spiro atoms. The Morgan fingerprint density at radius 2 is 0.483 bits per heavy atom. The Balaban J connectivity index is 5.23. The number of carbonyl (C=O) groups is 4. The first kappa shape index (κ1) is 85.1. The van der Waals surface area contributed by atoms with Crippen molar-refractivity contribution in [3.63, 3.8) is 0 Å². The van der Waals surface area contributed by atoms with Crippen LogP contribution in [0.25, 0.3) is 0 Å². The Hall–Kier alpha value is -1.94. The van der Waals surface area contributed by atoms with Crippen LogP contribution in [0.1, 0.15) is 331 Å². The van der Waals surface area contributed by atoms with Crippen LogP contribution in [0.2, 0.25) is 0 Å². The third-order valence-electron chi connectivity index (χ3n) is 15.6. The van der Waals surface area contributed by atoms with Crippen molar-refractivity contribution in [1.29, 1.82) is 0 Å². The molecule has 87 heavy (non-hydrogen) atoms. The second-order valence-electron chi connectivity index (χ2n) is 26.5. The molecule has 0 heterocycles. The van der Waals surface area contributed by atoms with E-state index < -0.39 is 97.5 Å². The minimum Gasteiger partial charge on any atom is -0.462 e. The Morgan fingerprint density at radius 1 is 0.287 bits per heavy atom. The fraction of sp³-hybridized carbons (Fsp3) is 0.941. The lowest BCUT2D eigenvalue weighted by molar-refractivity contribution is -0.161. The minimum atomic E-state index is -4.95. The fourth-order valence-corrected chi connectivity index (χ4v) is 11.7. The molecule has 0 aromatic rings. The summed E-state index contributed by atoms with van der Waals surface area (Å²) in [7, 11) is -9.90. The molecular weight excluding hydrogens is 1150 g/mol. The van der Waals surface area contributed by atoms with Crippen molar-refractivity contribution in [1.82, 2.24) is 0 Å².